The van der Waals surface area contributed by atoms with E-state index in [1.54, 1.807) is 0 Å². The number of rotatable bonds is 5. The van der Waals surface area contributed by atoms with Gasteiger partial charge in [-0.25, -0.2) is 4.98 Å². The fourth-order valence-corrected chi connectivity index (χ4v) is 2.26. The highest BCUT2D eigenvalue weighted by Gasteiger charge is 2.04. The first-order valence-electron chi connectivity index (χ1n) is 4.37. The summed E-state index contributed by atoms with van der Waals surface area (Å²) in [6.07, 6.45) is 0. The van der Waals surface area contributed by atoms with Crippen molar-refractivity contribution in [1.82, 2.24) is 9.36 Å². The lowest BCUT2D eigenvalue weighted by molar-refractivity contribution is 0.907. The molecule has 0 saturated heterocycles. The molecular formula is C8H15N3S2. The van der Waals surface area contributed by atoms with Crippen LogP contribution in [-0.4, -0.2) is 26.9 Å². The molecule has 0 bridgehead atoms. The first-order chi connectivity index (χ1) is 6.22. The Morgan fingerprint density at radius 1 is 1.62 bits per heavy atom. The molecule has 0 fully saturated rings. The Labute approximate surface area is 87.5 Å². The zero-order chi connectivity index (χ0) is 9.68. The summed E-state index contributed by atoms with van der Waals surface area (Å²) < 4.78 is 4.11. The van der Waals surface area contributed by atoms with E-state index in [-0.39, 0.29) is 0 Å². The van der Waals surface area contributed by atoms with Crippen LogP contribution in [0.5, 0.6) is 0 Å². The molecular weight excluding hydrogens is 202 g/mol. The van der Waals surface area contributed by atoms with Crippen molar-refractivity contribution in [1.29, 1.82) is 0 Å². The van der Waals surface area contributed by atoms with Crippen molar-refractivity contribution in [3.63, 3.8) is 0 Å². The Hall–Kier alpha value is -0.290. The molecule has 1 rings (SSSR count). The van der Waals surface area contributed by atoms with Gasteiger partial charge in [0, 0.05) is 23.3 Å². The van der Waals surface area contributed by atoms with E-state index in [1.807, 2.05) is 18.7 Å². The Kier molecular flexibility index (Phi) is 4.52. The summed E-state index contributed by atoms with van der Waals surface area (Å²) in [6.45, 7) is 6.25. The molecule has 0 aliphatic heterocycles. The molecule has 5 heteroatoms. The van der Waals surface area contributed by atoms with Crippen molar-refractivity contribution in [3.05, 3.63) is 5.82 Å². The van der Waals surface area contributed by atoms with E-state index >= 15 is 0 Å². The van der Waals surface area contributed by atoms with E-state index in [1.165, 1.54) is 17.3 Å². The predicted molar refractivity (Wildman–Crippen MR) is 60.7 cm³/mol. The molecule has 0 saturated carbocycles. The largest absolute Gasteiger partial charge is 0.357 e. The molecule has 0 amide bonds. The number of nitrogens with one attached hydrogen (secondary N) is 1. The van der Waals surface area contributed by atoms with E-state index in [4.69, 9.17) is 0 Å². The summed E-state index contributed by atoms with van der Waals surface area (Å²) in [5, 5.41) is 4.25. The third-order valence-electron chi connectivity index (χ3n) is 1.47. The molecule has 1 N–H and O–H groups in total. The van der Waals surface area contributed by atoms with Crippen molar-refractivity contribution in [2.24, 2.45) is 0 Å². The summed E-state index contributed by atoms with van der Waals surface area (Å²) in [4.78, 5) is 4.25. The number of hydrogen-bond donors (Lipinski definition) is 1. The molecule has 13 heavy (non-hydrogen) atoms. The maximum Gasteiger partial charge on any atom is 0.202 e. The summed E-state index contributed by atoms with van der Waals surface area (Å²) >= 11 is 3.37. The fourth-order valence-electron chi connectivity index (χ4n) is 0.903. The van der Waals surface area contributed by atoms with Crippen molar-refractivity contribution < 1.29 is 0 Å². The van der Waals surface area contributed by atoms with Crippen LogP contribution in [-0.2, 0) is 0 Å². The zero-order valence-corrected chi connectivity index (χ0v) is 9.84. The minimum Gasteiger partial charge on any atom is -0.357 e. The first-order valence-corrected chi connectivity index (χ1v) is 6.29. The van der Waals surface area contributed by atoms with Crippen molar-refractivity contribution in [3.8, 4) is 0 Å². The van der Waals surface area contributed by atoms with Gasteiger partial charge in [0.2, 0.25) is 5.13 Å². The van der Waals surface area contributed by atoms with Gasteiger partial charge < -0.3 is 5.32 Å². The fraction of sp³-hybridized carbons (Fsp3) is 0.750. The van der Waals surface area contributed by atoms with Gasteiger partial charge in [0.1, 0.15) is 5.82 Å². The topological polar surface area (TPSA) is 37.8 Å². The molecule has 0 aliphatic carbocycles. The average molecular weight is 217 g/mol. The molecule has 0 aromatic carbocycles. The quantitative estimate of drug-likeness (QED) is 0.822. The highest BCUT2D eigenvalue weighted by Crippen LogP contribution is 2.13. The molecule has 0 radical (unpaired) electrons. The lowest BCUT2D eigenvalue weighted by Gasteiger charge is -2.10. The molecule has 74 valence electrons. The maximum absolute atomic E-state index is 4.25. The van der Waals surface area contributed by atoms with Gasteiger partial charge in [0.25, 0.3) is 0 Å². The van der Waals surface area contributed by atoms with Crippen LogP contribution in [0.1, 0.15) is 19.7 Å². The van der Waals surface area contributed by atoms with Crippen LogP contribution in [0.4, 0.5) is 5.13 Å². The summed E-state index contributed by atoms with van der Waals surface area (Å²) in [7, 11) is 0. The van der Waals surface area contributed by atoms with Crippen LogP contribution in [0.25, 0.3) is 0 Å². The average Bonchev–Trinajstić information content (AvgIpc) is 2.48. The van der Waals surface area contributed by atoms with E-state index in [2.05, 4.69) is 28.5 Å². The van der Waals surface area contributed by atoms with Crippen molar-refractivity contribution >= 4 is 28.4 Å². The molecule has 1 unspecified atom stereocenters. The van der Waals surface area contributed by atoms with E-state index in [9.17, 15) is 0 Å². The van der Waals surface area contributed by atoms with E-state index in [0.717, 1.165) is 16.7 Å². The normalized spacial score (nSPS) is 12.8. The second-order valence-corrected chi connectivity index (χ2v) is 4.92. The Bertz CT molecular complexity index is 249. The van der Waals surface area contributed by atoms with Crippen LogP contribution in [0.15, 0.2) is 0 Å². The summed E-state index contributed by atoms with van der Waals surface area (Å²) in [6, 6.07) is 0.470. The second-order valence-electron chi connectivity index (χ2n) is 2.85. The van der Waals surface area contributed by atoms with Crippen LogP contribution in [0, 0.1) is 6.92 Å². The zero-order valence-electron chi connectivity index (χ0n) is 8.20. The van der Waals surface area contributed by atoms with Gasteiger partial charge in [0.15, 0.2) is 0 Å². The van der Waals surface area contributed by atoms with Crippen molar-refractivity contribution in [2.75, 3.05) is 16.8 Å². The van der Waals surface area contributed by atoms with Gasteiger partial charge >= 0.3 is 0 Å². The van der Waals surface area contributed by atoms with Gasteiger partial charge in [-0.05, 0) is 19.6 Å². The molecule has 0 aliphatic rings. The SMILES string of the molecule is CCSCC(C)Nc1nc(C)ns1. The van der Waals surface area contributed by atoms with Gasteiger partial charge in [-0.2, -0.15) is 16.1 Å². The van der Waals surface area contributed by atoms with Crippen LogP contribution >= 0.6 is 23.3 Å². The molecule has 1 heterocycles. The van der Waals surface area contributed by atoms with Crippen LogP contribution in [0.3, 0.4) is 0 Å². The number of hydrogen-bond acceptors (Lipinski definition) is 5. The lowest BCUT2D eigenvalue weighted by Crippen LogP contribution is -2.17. The van der Waals surface area contributed by atoms with E-state index in [0.29, 0.717) is 6.04 Å². The first kappa shape index (κ1) is 10.8. The summed E-state index contributed by atoms with van der Waals surface area (Å²) in [5.41, 5.74) is 0. The highest BCUT2D eigenvalue weighted by atomic mass is 32.2. The molecule has 1 aromatic heterocycles. The van der Waals surface area contributed by atoms with Gasteiger partial charge in [0.05, 0.1) is 0 Å². The van der Waals surface area contributed by atoms with Gasteiger partial charge in [-0.3, -0.25) is 0 Å². The van der Waals surface area contributed by atoms with Crippen LogP contribution in [0.2, 0.25) is 0 Å². The standard InChI is InChI=1S/C8H15N3S2/c1-4-12-5-6(2)9-8-10-7(3)11-13-8/h6H,4-5H2,1-3H3,(H,9,10,11). The number of aromatic nitrogens is 2. The molecule has 3 nitrogen and oxygen atoms in total. The Balaban J connectivity index is 2.31. The third kappa shape index (κ3) is 3.95. The third-order valence-corrected chi connectivity index (χ3v) is 3.35. The smallest absolute Gasteiger partial charge is 0.202 e. The maximum atomic E-state index is 4.25. The van der Waals surface area contributed by atoms with E-state index < -0.39 is 0 Å². The Morgan fingerprint density at radius 3 is 2.92 bits per heavy atom. The summed E-state index contributed by atoms with van der Waals surface area (Å²) in [5.74, 6) is 3.14. The van der Waals surface area contributed by atoms with Gasteiger partial charge in [-0.15, -0.1) is 0 Å². The van der Waals surface area contributed by atoms with Crippen LogP contribution < -0.4 is 5.32 Å². The molecule has 1 atom stereocenters. The number of aryl methyl sites for hydroxylation is 1. The second kappa shape index (κ2) is 5.44. The highest BCUT2D eigenvalue weighted by molar-refractivity contribution is 7.99. The number of nitrogens with zero attached hydrogens (tertiary/aromatic N) is 2. The molecule has 0 spiro atoms. The minimum absolute atomic E-state index is 0.470. The Morgan fingerprint density at radius 2 is 2.38 bits per heavy atom. The lowest BCUT2D eigenvalue weighted by atomic mass is 10.4. The molecule has 1 aromatic rings. The number of thioether (sulfide) groups is 1. The minimum atomic E-state index is 0.470. The number of anilines is 1. The van der Waals surface area contributed by atoms with Gasteiger partial charge in [-0.1, -0.05) is 6.92 Å². The monoisotopic (exact) mass is 217 g/mol. The predicted octanol–water partition coefficient (Wildman–Crippen LogP) is 2.40. The van der Waals surface area contributed by atoms with Crippen molar-refractivity contribution in [2.45, 2.75) is 26.8 Å².